The van der Waals surface area contributed by atoms with Gasteiger partial charge in [0.15, 0.2) is 0 Å². The minimum absolute atomic E-state index is 0.00756. The number of imidazole rings is 1. The number of hydrogen-bond donors (Lipinski definition) is 1. The van der Waals surface area contributed by atoms with Gasteiger partial charge in [0.1, 0.15) is 0 Å². The van der Waals surface area contributed by atoms with E-state index < -0.39 is 10.0 Å². The molecule has 2 aromatic rings. The zero-order chi connectivity index (χ0) is 17.9. The number of aromatic nitrogens is 2. The molecule has 2 heterocycles. The molecule has 25 heavy (non-hydrogen) atoms. The molecule has 1 saturated heterocycles. The molecule has 1 aliphatic heterocycles. The molecule has 0 spiro atoms. The fraction of sp³-hybridized carbons (Fsp3) is 0.412. The van der Waals surface area contributed by atoms with Gasteiger partial charge >= 0.3 is 0 Å². The van der Waals surface area contributed by atoms with Gasteiger partial charge in [0, 0.05) is 43.6 Å². The Morgan fingerprint density at radius 1 is 1.24 bits per heavy atom. The molecule has 8 heteroatoms. The Morgan fingerprint density at radius 2 is 1.92 bits per heavy atom. The highest BCUT2D eigenvalue weighted by atomic mass is 32.2. The van der Waals surface area contributed by atoms with Crippen molar-refractivity contribution in [1.29, 1.82) is 0 Å². The predicted molar refractivity (Wildman–Crippen MR) is 94.6 cm³/mol. The lowest BCUT2D eigenvalue weighted by atomic mass is 9.97. The van der Waals surface area contributed by atoms with E-state index in [1.807, 2.05) is 35.0 Å². The largest absolute Gasteiger partial charge is 0.352 e. The number of piperidine rings is 1. The minimum atomic E-state index is -3.16. The molecule has 0 unspecified atom stereocenters. The maximum atomic E-state index is 12.3. The van der Waals surface area contributed by atoms with E-state index in [0.29, 0.717) is 32.5 Å². The van der Waals surface area contributed by atoms with Gasteiger partial charge in [-0.15, -0.1) is 0 Å². The molecule has 0 radical (unpaired) electrons. The Balaban J connectivity index is 1.49. The van der Waals surface area contributed by atoms with Crippen LogP contribution in [-0.2, 0) is 21.4 Å². The first-order valence-electron chi connectivity index (χ1n) is 8.23. The van der Waals surface area contributed by atoms with Crippen molar-refractivity contribution < 1.29 is 13.2 Å². The summed E-state index contributed by atoms with van der Waals surface area (Å²) < 4.78 is 26.4. The van der Waals surface area contributed by atoms with Crippen LogP contribution in [-0.4, -0.2) is 47.5 Å². The van der Waals surface area contributed by atoms with Crippen molar-refractivity contribution in [3.05, 3.63) is 48.5 Å². The third-order valence-electron chi connectivity index (χ3n) is 4.50. The summed E-state index contributed by atoms with van der Waals surface area (Å²) in [6, 6.07) is 7.91. The fourth-order valence-corrected chi connectivity index (χ4v) is 3.86. The molecule has 1 fully saturated rings. The molecule has 7 nitrogen and oxygen atoms in total. The molecule has 0 bridgehead atoms. The van der Waals surface area contributed by atoms with Crippen LogP contribution in [0, 0.1) is 5.92 Å². The number of carbonyl (C=O) groups excluding carboxylic acids is 1. The highest BCUT2D eigenvalue weighted by Crippen LogP contribution is 2.19. The van der Waals surface area contributed by atoms with Crippen molar-refractivity contribution in [3.8, 4) is 5.69 Å². The first-order valence-corrected chi connectivity index (χ1v) is 10.1. The third-order valence-corrected chi connectivity index (χ3v) is 5.80. The lowest BCUT2D eigenvalue weighted by Gasteiger charge is -2.29. The summed E-state index contributed by atoms with van der Waals surface area (Å²) in [5.41, 5.74) is 2.03. The second-order valence-corrected chi connectivity index (χ2v) is 8.27. The highest BCUT2D eigenvalue weighted by Gasteiger charge is 2.28. The number of benzene rings is 1. The Morgan fingerprint density at radius 3 is 2.48 bits per heavy atom. The number of nitrogens with one attached hydrogen (secondary N) is 1. The van der Waals surface area contributed by atoms with Crippen molar-refractivity contribution in [1.82, 2.24) is 19.2 Å². The molecule has 1 N–H and O–H groups in total. The summed E-state index contributed by atoms with van der Waals surface area (Å²) in [6.07, 6.45) is 7.68. The van der Waals surface area contributed by atoms with Gasteiger partial charge in [-0.2, -0.15) is 0 Å². The second-order valence-electron chi connectivity index (χ2n) is 6.29. The van der Waals surface area contributed by atoms with Gasteiger partial charge in [0.2, 0.25) is 15.9 Å². The predicted octanol–water partition coefficient (Wildman–Crippen LogP) is 1.16. The van der Waals surface area contributed by atoms with E-state index in [-0.39, 0.29) is 11.8 Å². The van der Waals surface area contributed by atoms with Crippen molar-refractivity contribution in [2.24, 2.45) is 5.92 Å². The molecule has 0 aliphatic carbocycles. The normalized spacial score (nSPS) is 16.7. The van der Waals surface area contributed by atoms with Crippen LogP contribution < -0.4 is 5.32 Å². The van der Waals surface area contributed by atoms with Crippen LogP contribution in [0.4, 0.5) is 0 Å². The van der Waals surface area contributed by atoms with Gasteiger partial charge in [-0.25, -0.2) is 17.7 Å². The smallest absolute Gasteiger partial charge is 0.223 e. The Hall–Kier alpha value is -2.19. The minimum Gasteiger partial charge on any atom is -0.352 e. The van der Waals surface area contributed by atoms with Crippen molar-refractivity contribution >= 4 is 15.9 Å². The van der Waals surface area contributed by atoms with Crippen LogP contribution in [0.1, 0.15) is 18.4 Å². The second kappa shape index (κ2) is 7.37. The fourth-order valence-electron chi connectivity index (χ4n) is 2.98. The number of sulfonamides is 1. The van der Waals surface area contributed by atoms with Crippen LogP contribution >= 0.6 is 0 Å². The molecule has 1 aliphatic rings. The van der Waals surface area contributed by atoms with E-state index in [4.69, 9.17) is 0 Å². The maximum Gasteiger partial charge on any atom is 0.223 e. The zero-order valence-electron chi connectivity index (χ0n) is 14.1. The van der Waals surface area contributed by atoms with E-state index in [0.717, 1.165) is 11.3 Å². The van der Waals surface area contributed by atoms with Crippen LogP contribution in [0.15, 0.2) is 43.0 Å². The number of hydrogen-bond acceptors (Lipinski definition) is 4. The molecule has 0 atom stereocenters. The van der Waals surface area contributed by atoms with Crippen LogP contribution in [0.2, 0.25) is 0 Å². The summed E-state index contributed by atoms with van der Waals surface area (Å²) >= 11 is 0. The molecule has 0 saturated carbocycles. The quantitative estimate of drug-likeness (QED) is 0.865. The molecule has 3 rings (SSSR count). The number of amides is 1. The summed E-state index contributed by atoms with van der Waals surface area (Å²) in [6.45, 7) is 1.29. The van der Waals surface area contributed by atoms with Gasteiger partial charge in [0.05, 0.1) is 12.6 Å². The average Bonchev–Trinajstić information content (AvgIpc) is 3.14. The van der Waals surface area contributed by atoms with Crippen molar-refractivity contribution in [2.75, 3.05) is 19.3 Å². The SMILES string of the molecule is CS(=O)(=O)N1CCC(C(=O)NCc2ccc(-n3ccnc3)cc2)CC1. The Labute approximate surface area is 147 Å². The van der Waals surface area contributed by atoms with E-state index in [9.17, 15) is 13.2 Å². The van der Waals surface area contributed by atoms with E-state index in [2.05, 4.69) is 10.3 Å². The molecule has 1 aromatic carbocycles. The molecule has 1 amide bonds. The van der Waals surface area contributed by atoms with Gasteiger partial charge in [-0.05, 0) is 30.5 Å². The molecule has 1 aromatic heterocycles. The van der Waals surface area contributed by atoms with Crippen molar-refractivity contribution in [2.45, 2.75) is 19.4 Å². The van der Waals surface area contributed by atoms with Crippen LogP contribution in [0.5, 0.6) is 0 Å². The first-order chi connectivity index (χ1) is 11.9. The Bertz CT molecular complexity index is 808. The molecule has 134 valence electrons. The van der Waals surface area contributed by atoms with E-state index >= 15 is 0 Å². The Kier molecular flexibility index (Phi) is 5.19. The van der Waals surface area contributed by atoms with E-state index in [1.165, 1.54) is 10.6 Å². The topological polar surface area (TPSA) is 84.3 Å². The number of nitrogens with zero attached hydrogens (tertiary/aromatic N) is 3. The van der Waals surface area contributed by atoms with Gasteiger partial charge in [-0.1, -0.05) is 12.1 Å². The summed E-state index contributed by atoms with van der Waals surface area (Å²) in [4.78, 5) is 16.3. The number of rotatable bonds is 5. The standard InChI is InChI=1S/C17H22N4O3S/c1-25(23,24)21-9-6-15(7-10-21)17(22)19-12-14-2-4-16(5-3-14)20-11-8-18-13-20/h2-5,8,11,13,15H,6-7,9-10,12H2,1H3,(H,19,22). The average molecular weight is 362 g/mol. The van der Waals surface area contributed by atoms with Crippen LogP contribution in [0.3, 0.4) is 0 Å². The maximum absolute atomic E-state index is 12.3. The third kappa shape index (κ3) is 4.46. The lowest BCUT2D eigenvalue weighted by Crippen LogP contribution is -2.42. The summed E-state index contributed by atoms with van der Waals surface area (Å²) in [5.74, 6) is -0.130. The lowest BCUT2D eigenvalue weighted by molar-refractivity contribution is -0.126. The number of carbonyl (C=O) groups is 1. The molecular formula is C17H22N4O3S. The van der Waals surface area contributed by atoms with Gasteiger partial charge in [-0.3, -0.25) is 4.79 Å². The van der Waals surface area contributed by atoms with Gasteiger partial charge in [0.25, 0.3) is 0 Å². The molecular weight excluding hydrogens is 340 g/mol. The highest BCUT2D eigenvalue weighted by molar-refractivity contribution is 7.88. The van der Waals surface area contributed by atoms with Crippen molar-refractivity contribution in [3.63, 3.8) is 0 Å². The zero-order valence-corrected chi connectivity index (χ0v) is 14.9. The van der Waals surface area contributed by atoms with Gasteiger partial charge < -0.3 is 9.88 Å². The van der Waals surface area contributed by atoms with E-state index in [1.54, 1.807) is 12.5 Å². The summed E-state index contributed by atoms with van der Waals surface area (Å²) in [5, 5.41) is 2.95. The first kappa shape index (κ1) is 17.6. The monoisotopic (exact) mass is 362 g/mol. The van der Waals surface area contributed by atoms with Crippen LogP contribution in [0.25, 0.3) is 5.69 Å². The summed E-state index contributed by atoms with van der Waals surface area (Å²) in [7, 11) is -3.16.